The standard InChI is InChI=1S/C12H19N3O/c16-12-4-3-11(10-14-12)9-13-5-8-15-6-1-2-7-15/h3-4,10,13H,1-2,5-9H2,(H,14,16). The highest BCUT2D eigenvalue weighted by molar-refractivity contribution is 5.07. The third kappa shape index (κ3) is 3.47. The predicted octanol–water partition coefficient (Wildman–Crippen LogP) is 0.560. The molecule has 0 saturated carbocycles. The number of aromatic amines is 1. The maximum Gasteiger partial charge on any atom is 0.247 e. The Morgan fingerprint density at radius 2 is 2.12 bits per heavy atom. The van der Waals surface area contributed by atoms with Crippen LogP contribution in [0, 0.1) is 0 Å². The fourth-order valence-electron chi connectivity index (χ4n) is 2.03. The van der Waals surface area contributed by atoms with Crippen LogP contribution in [0.25, 0.3) is 0 Å². The van der Waals surface area contributed by atoms with E-state index >= 15 is 0 Å². The van der Waals surface area contributed by atoms with E-state index in [1.165, 1.54) is 25.9 Å². The minimum absolute atomic E-state index is 0.0409. The summed E-state index contributed by atoms with van der Waals surface area (Å²) >= 11 is 0. The zero-order chi connectivity index (χ0) is 11.2. The van der Waals surface area contributed by atoms with Gasteiger partial charge in [-0.1, -0.05) is 6.07 Å². The molecule has 0 aliphatic carbocycles. The number of rotatable bonds is 5. The van der Waals surface area contributed by atoms with E-state index < -0.39 is 0 Å². The van der Waals surface area contributed by atoms with Crippen molar-refractivity contribution >= 4 is 0 Å². The number of pyridine rings is 1. The lowest BCUT2D eigenvalue weighted by molar-refractivity contribution is 0.335. The second-order valence-corrected chi connectivity index (χ2v) is 4.29. The number of nitrogens with one attached hydrogen (secondary N) is 2. The van der Waals surface area contributed by atoms with Gasteiger partial charge in [0.15, 0.2) is 0 Å². The SMILES string of the molecule is O=c1ccc(CNCCN2CCCC2)c[nH]1. The molecule has 88 valence electrons. The Hall–Kier alpha value is -1.13. The van der Waals surface area contributed by atoms with Gasteiger partial charge in [0.05, 0.1) is 0 Å². The van der Waals surface area contributed by atoms with Gasteiger partial charge < -0.3 is 15.2 Å². The van der Waals surface area contributed by atoms with Gasteiger partial charge in [-0.15, -0.1) is 0 Å². The Balaban J connectivity index is 1.64. The van der Waals surface area contributed by atoms with Crippen molar-refractivity contribution in [3.8, 4) is 0 Å². The summed E-state index contributed by atoms with van der Waals surface area (Å²) in [6.45, 7) is 5.47. The molecule has 1 fully saturated rings. The lowest BCUT2D eigenvalue weighted by Crippen LogP contribution is -2.29. The van der Waals surface area contributed by atoms with Crippen molar-refractivity contribution < 1.29 is 0 Å². The summed E-state index contributed by atoms with van der Waals surface area (Å²) in [7, 11) is 0. The van der Waals surface area contributed by atoms with Crippen LogP contribution < -0.4 is 10.9 Å². The molecular formula is C12H19N3O. The van der Waals surface area contributed by atoms with Gasteiger partial charge in [-0.3, -0.25) is 4.79 Å². The van der Waals surface area contributed by atoms with Crippen LogP contribution in [-0.4, -0.2) is 36.1 Å². The largest absolute Gasteiger partial charge is 0.329 e. The molecule has 1 aliphatic heterocycles. The average Bonchev–Trinajstić information content (AvgIpc) is 2.80. The zero-order valence-electron chi connectivity index (χ0n) is 9.54. The van der Waals surface area contributed by atoms with E-state index in [4.69, 9.17) is 0 Å². The van der Waals surface area contributed by atoms with Crippen LogP contribution >= 0.6 is 0 Å². The number of H-pyrrole nitrogens is 1. The molecule has 0 bridgehead atoms. The second-order valence-electron chi connectivity index (χ2n) is 4.29. The van der Waals surface area contributed by atoms with Crippen LogP contribution in [0.2, 0.25) is 0 Å². The summed E-state index contributed by atoms with van der Waals surface area (Å²) in [5, 5.41) is 3.38. The highest BCUT2D eigenvalue weighted by Crippen LogP contribution is 2.05. The van der Waals surface area contributed by atoms with Crippen molar-refractivity contribution in [2.75, 3.05) is 26.2 Å². The summed E-state index contributed by atoms with van der Waals surface area (Å²) < 4.78 is 0. The number of aromatic nitrogens is 1. The van der Waals surface area contributed by atoms with Gasteiger partial charge in [0, 0.05) is 31.9 Å². The quantitative estimate of drug-likeness (QED) is 0.714. The number of likely N-dealkylation sites (tertiary alicyclic amines) is 1. The van der Waals surface area contributed by atoms with Crippen molar-refractivity contribution in [3.05, 3.63) is 34.2 Å². The van der Waals surface area contributed by atoms with E-state index in [1.807, 2.05) is 6.07 Å². The Morgan fingerprint density at radius 3 is 2.81 bits per heavy atom. The van der Waals surface area contributed by atoms with Gasteiger partial charge in [0.25, 0.3) is 0 Å². The molecule has 0 unspecified atom stereocenters. The number of hydrogen-bond acceptors (Lipinski definition) is 3. The van der Waals surface area contributed by atoms with Gasteiger partial charge in [0.2, 0.25) is 5.56 Å². The molecular weight excluding hydrogens is 202 g/mol. The van der Waals surface area contributed by atoms with E-state index in [9.17, 15) is 4.79 Å². The highest BCUT2D eigenvalue weighted by atomic mass is 16.1. The van der Waals surface area contributed by atoms with Gasteiger partial charge in [-0.25, -0.2) is 0 Å². The first-order valence-corrected chi connectivity index (χ1v) is 5.95. The van der Waals surface area contributed by atoms with Crippen LogP contribution in [0.1, 0.15) is 18.4 Å². The molecule has 4 heteroatoms. The molecule has 1 aliphatic rings. The topological polar surface area (TPSA) is 48.1 Å². The number of nitrogens with zero attached hydrogens (tertiary/aromatic N) is 1. The predicted molar refractivity (Wildman–Crippen MR) is 64.4 cm³/mol. The van der Waals surface area contributed by atoms with Gasteiger partial charge >= 0.3 is 0 Å². The van der Waals surface area contributed by atoms with Gasteiger partial charge in [-0.2, -0.15) is 0 Å². The molecule has 0 atom stereocenters. The maximum absolute atomic E-state index is 10.8. The van der Waals surface area contributed by atoms with Crippen molar-refractivity contribution in [1.29, 1.82) is 0 Å². The molecule has 0 aromatic carbocycles. The third-order valence-electron chi connectivity index (χ3n) is 2.98. The van der Waals surface area contributed by atoms with E-state index in [1.54, 1.807) is 12.3 Å². The molecule has 1 aromatic rings. The molecule has 4 nitrogen and oxygen atoms in total. The molecule has 1 aromatic heterocycles. The first-order chi connectivity index (χ1) is 7.84. The van der Waals surface area contributed by atoms with Gasteiger partial charge in [-0.05, 0) is 31.5 Å². The summed E-state index contributed by atoms with van der Waals surface area (Å²) in [6.07, 6.45) is 4.46. The normalized spacial score (nSPS) is 16.8. The molecule has 0 amide bonds. The summed E-state index contributed by atoms with van der Waals surface area (Å²) in [4.78, 5) is 16.0. The minimum atomic E-state index is -0.0409. The second kappa shape index (κ2) is 5.82. The first-order valence-electron chi connectivity index (χ1n) is 5.95. The molecule has 2 rings (SSSR count). The molecule has 2 heterocycles. The maximum atomic E-state index is 10.8. The lowest BCUT2D eigenvalue weighted by atomic mass is 10.3. The fraction of sp³-hybridized carbons (Fsp3) is 0.583. The van der Waals surface area contributed by atoms with Crippen molar-refractivity contribution in [2.24, 2.45) is 0 Å². The minimum Gasteiger partial charge on any atom is -0.329 e. The van der Waals surface area contributed by atoms with Crippen molar-refractivity contribution in [1.82, 2.24) is 15.2 Å². The Kier molecular flexibility index (Phi) is 4.13. The van der Waals surface area contributed by atoms with Crippen LogP contribution in [0.5, 0.6) is 0 Å². The van der Waals surface area contributed by atoms with E-state index in [2.05, 4.69) is 15.2 Å². The summed E-state index contributed by atoms with van der Waals surface area (Å²) in [5.74, 6) is 0. The number of hydrogen-bond donors (Lipinski definition) is 2. The fourth-order valence-corrected chi connectivity index (χ4v) is 2.03. The smallest absolute Gasteiger partial charge is 0.247 e. The molecule has 0 spiro atoms. The van der Waals surface area contributed by atoms with E-state index in [0.717, 1.165) is 25.2 Å². The highest BCUT2D eigenvalue weighted by Gasteiger charge is 2.09. The van der Waals surface area contributed by atoms with Crippen molar-refractivity contribution in [3.63, 3.8) is 0 Å². The summed E-state index contributed by atoms with van der Waals surface area (Å²) in [6, 6.07) is 3.43. The average molecular weight is 221 g/mol. The molecule has 16 heavy (non-hydrogen) atoms. The zero-order valence-corrected chi connectivity index (χ0v) is 9.54. The van der Waals surface area contributed by atoms with Crippen LogP contribution in [-0.2, 0) is 6.54 Å². The molecule has 2 N–H and O–H groups in total. The molecule has 0 radical (unpaired) electrons. The molecule has 1 saturated heterocycles. The first kappa shape index (κ1) is 11.4. The lowest BCUT2D eigenvalue weighted by Gasteiger charge is -2.14. The monoisotopic (exact) mass is 221 g/mol. The van der Waals surface area contributed by atoms with E-state index in [0.29, 0.717) is 0 Å². The van der Waals surface area contributed by atoms with Crippen LogP contribution in [0.4, 0.5) is 0 Å². The Bertz CT molecular complexity index is 348. The van der Waals surface area contributed by atoms with E-state index in [-0.39, 0.29) is 5.56 Å². The third-order valence-corrected chi connectivity index (χ3v) is 2.98. The van der Waals surface area contributed by atoms with Gasteiger partial charge in [0.1, 0.15) is 0 Å². The van der Waals surface area contributed by atoms with Crippen molar-refractivity contribution in [2.45, 2.75) is 19.4 Å². The van der Waals surface area contributed by atoms with Crippen LogP contribution in [0.15, 0.2) is 23.1 Å². The Morgan fingerprint density at radius 1 is 1.31 bits per heavy atom. The van der Waals surface area contributed by atoms with Crippen LogP contribution in [0.3, 0.4) is 0 Å². The summed E-state index contributed by atoms with van der Waals surface area (Å²) in [5.41, 5.74) is 1.09. The Labute approximate surface area is 95.7 Å².